The van der Waals surface area contributed by atoms with E-state index >= 15 is 0 Å². The highest BCUT2D eigenvalue weighted by Crippen LogP contribution is 2.40. The van der Waals surface area contributed by atoms with Crippen molar-refractivity contribution >= 4 is 6.09 Å². The number of hydrogen-bond acceptors (Lipinski definition) is 3. The fourth-order valence-electron chi connectivity index (χ4n) is 3.48. The van der Waals surface area contributed by atoms with E-state index in [0.717, 1.165) is 45.4 Å². The number of rotatable bonds is 1. The van der Waals surface area contributed by atoms with Crippen molar-refractivity contribution in [2.75, 3.05) is 26.2 Å². The lowest BCUT2D eigenvalue weighted by atomic mass is 9.72. The third-order valence-electron chi connectivity index (χ3n) is 4.90. The zero-order valence-electron chi connectivity index (χ0n) is 15.5. The van der Waals surface area contributed by atoms with Crippen LogP contribution in [0.3, 0.4) is 0 Å². The maximum atomic E-state index is 12.1. The molecule has 0 aromatic heterocycles. The van der Waals surface area contributed by atoms with Gasteiger partial charge in [0, 0.05) is 44.1 Å². The lowest BCUT2D eigenvalue weighted by molar-refractivity contribution is -0.0540. The van der Waals surface area contributed by atoms with Crippen LogP contribution in [0.15, 0.2) is 30.3 Å². The highest BCUT2D eigenvalue weighted by atomic mass is 16.6. The van der Waals surface area contributed by atoms with E-state index in [0.29, 0.717) is 0 Å². The molecular formula is C21H28N2O2. The molecule has 0 saturated carbocycles. The molecule has 1 spiro atoms. The van der Waals surface area contributed by atoms with E-state index in [1.807, 2.05) is 31.7 Å². The highest BCUT2D eigenvalue weighted by molar-refractivity contribution is 5.69. The first-order valence-corrected chi connectivity index (χ1v) is 9.11. The number of ether oxygens (including phenoxy) is 1. The van der Waals surface area contributed by atoms with Crippen LogP contribution in [0, 0.1) is 17.4 Å². The number of piperidine rings is 1. The Morgan fingerprint density at radius 3 is 2.40 bits per heavy atom. The minimum Gasteiger partial charge on any atom is -0.444 e. The quantitative estimate of drug-likeness (QED) is 0.733. The summed E-state index contributed by atoms with van der Waals surface area (Å²) in [5.74, 6) is 3.28. The van der Waals surface area contributed by atoms with E-state index in [2.05, 4.69) is 41.1 Å². The Morgan fingerprint density at radius 2 is 1.80 bits per heavy atom. The molecule has 4 heteroatoms. The molecule has 1 aromatic carbocycles. The molecule has 2 fully saturated rings. The number of carbonyl (C=O) groups is 1. The average Bonchev–Trinajstić information content (AvgIpc) is 2.53. The van der Waals surface area contributed by atoms with Gasteiger partial charge in [-0.05, 0) is 39.2 Å². The van der Waals surface area contributed by atoms with Crippen molar-refractivity contribution in [1.82, 2.24) is 9.80 Å². The summed E-state index contributed by atoms with van der Waals surface area (Å²) in [6.07, 6.45) is 2.83. The Morgan fingerprint density at radius 1 is 1.16 bits per heavy atom. The van der Waals surface area contributed by atoms with Gasteiger partial charge in [0.05, 0.1) is 0 Å². The standard InChI is InChI=1S/C21H28N2O2/c1-20(2,3)25-19(24)23-16-21(17-23)11-14-22(15-12-21)13-7-10-18-8-5-4-6-9-18/h4-6,8-9H,10-12,14-17H2,1-3H3. The molecule has 0 N–H and O–H groups in total. The van der Waals surface area contributed by atoms with E-state index in [4.69, 9.17) is 4.74 Å². The molecule has 0 atom stereocenters. The Kier molecular flexibility index (Phi) is 4.94. The summed E-state index contributed by atoms with van der Waals surface area (Å²) >= 11 is 0. The van der Waals surface area contributed by atoms with Crippen molar-refractivity contribution in [2.45, 2.75) is 45.6 Å². The second kappa shape index (κ2) is 7.00. The Bertz CT molecular complexity index is 651. The number of likely N-dealkylation sites (tertiary alicyclic amines) is 2. The molecule has 134 valence electrons. The van der Waals surface area contributed by atoms with Gasteiger partial charge in [-0.25, -0.2) is 4.79 Å². The van der Waals surface area contributed by atoms with E-state index in [9.17, 15) is 4.79 Å². The predicted molar refractivity (Wildman–Crippen MR) is 99.0 cm³/mol. The summed E-state index contributed by atoms with van der Waals surface area (Å²) in [7, 11) is 0. The molecule has 4 nitrogen and oxygen atoms in total. The summed E-state index contributed by atoms with van der Waals surface area (Å²) in [6.45, 7) is 9.36. The van der Waals surface area contributed by atoms with E-state index < -0.39 is 5.60 Å². The molecular weight excluding hydrogens is 312 g/mol. The van der Waals surface area contributed by atoms with Gasteiger partial charge in [-0.2, -0.15) is 0 Å². The SMILES string of the molecule is CC(C)(C)OC(=O)N1CC2(CCN(C#CCc3ccccc3)CC2)C1. The second-order valence-corrected chi connectivity index (χ2v) is 8.27. The van der Waals surface area contributed by atoms with Crippen LogP contribution in [-0.4, -0.2) is 47.7 Å². The molecule has 2 saturated heterocycles. The lowest BCUT2D eigenvalue weighted by Crippen LogP contribution is -2.62. The van der Waals surface area contributed by atoms with Crippen molar-refractivity contribution in [2.24, 2.45) is 5.41 Å². The number of nitrogens with zero attached hydrogens (tertiary/aromatic N) is 2. The van der Waals surface area contributed by atoms with Crippen LogP contribution in [-0.2, 0) is 11.2 Å². The summed E-state index contributed by atoms with van der Waals surface area (Å²) in [6, 6.07) is 13.6. The van der Waals surface area contributed by atoms with Crippen molar-refractivity contribution in [3.63, 3.8) is 0 Å². The first-order valence-electron chi connectivity index (χ1n) is 9.11. The zero-order chi connectivity index (χ0) is 17.9. The van der Waals surface area contributed by atoms with Gasteiger partial charge in [0.1, 0.15) is 5.60 Å². The maximum Gasteiger partial charge on any atom is 0.410 e. The average molecular weight is 340 g/mol. The molecule has 3 rings (SSSR count). The molecule has 25 heavy (non-hydrogen) atoms. The molecule has 2 aliphatic heterocycles. The second-order valence-electron chi connectivity index (χ2n) is 8.27. The van der Waals surface area contributed by atoms with Gasteiger partial charge in [-0.3, -0.25) is 0 Å². The van der Waals surface area contributed by atoms with Gasteiger partial charge >= 0.3 is 6.09 Å². The summed E-state index contributed by atoms with van der Waals surface area (Å²) in [4.78, 5) is 16.1. The van der Waals surface area contributed by atoms with Crippen molar-refractivity contribution in [1.29, 1.82) is 0 Å². The Hall–Kier alpha value is -2.15. The molecule has 2 aliphatic rings. The van der Waals surface area contributed by atoms with Crippen molar-refractivity contribution in [3.05, 3.63) is 35.9 Å². The number of carbonyl (C=O) groups excluding carboxylic acids is 1. The zero-order valence-corrected chi connectivity index (χ0v) is 15.5. The van der Waals surface area contributed by atoms with Gasteiger partial charge in [0.2, 0.25) is 0 Å². The fraction of sp³-hybridized carbons (Fsp3) is 0.571. The van der Waals surface area contributed by atoms with Gasteiger partial charge in [-0.1, -0.05) is 36.3 Å². The molecule has 1 aromatic rings. The molecule has 0 aliphatic carbocycles. The first kappa shape index (κ1) is 17.7. The van der Waals surface area contributed by atoms with Crippen molar-refractivity contribution < 1.29 is 9.53 Å². The number of hydrogen-bond donors (Lipinski definition) is 0. The summed E-state index contributed by atoms with van der Waals surface area (Å²) < 4.78 is 5.45. The van der Waals surface area contributed by atoms with Crippen LogP contribution < -0.4 is 0 Å². The topological polar surface area (TPSA) is 32.8 Å². The van der Waals surface area contributed by atoms with Gasteiger partial charge in [0.25, 0.3) is 0 Å². The summed E-state index contributed by atoms with van der Waals surface area (Å²) in [5, 5.41) is 0. The van der Waals surface area contributed by atoms with E-state index in [1.54, 1.807) is 0 Å². The lowest BCUT2D eigenvalue weighted by Gasteiger charge is -2.53. The third-order valence-corrected chi connectivity index (χ3v) is 4.90. The minimum atomic E-state index is -0.419. The third kappa shape index (κ3) is 4.69. The van der Waals surface area contributed by atoms with Crippen LogP contribution >= 0.6 is 0 Å². The highest BCUT2D eigenvalue weighted by Gasteiger charge is 2.47. The van der Waals surface area contributed by atoms with Gasteiger partial charge in [0.15, 0.2) is 0 Å². The molecule has 2 heterocycles. The molecule has 0 unspecified atom stereocenters. The van der Waals surface area contributed by atoms with E-state index in [-0.39, 0.29) is 11.5 Å². The molecule has 0 bridgehead atoms. The number of benzene rings is 1. The Balaban J connectivity index is 1.42. The first-order chi connectivity index (χ1) is 11.9. The number of amides is 1. The molecule has 1 amide bonds. The Labute approximate surface area is 151 Å². The normalized spacial score (nSPS) is 19.0. The largest absolute Gasteiger partial charge is 0.444 e. The van der Waals surface area contributed by atoms with Crippen LogP contribution in [0.5, 0.6) is 0 Å². The van der Waals surface area contributed by atoms with Crippen LogP contribution in [0.2, 0.25) is 0 Å². The van der Waals surface area contributed by atoms with Crippen LogP contribution in [0.25, 0.3) is 0 Å². The maximum absolute atomic E-state index is 12.1. The van der Waals surface area contributed by atoms with Gasteiger partial charge < -0.3 is 14.5 Å². The fourth-order valence-corrected chi connectivity index (χ4v) is 3.48. The molecule has 0 radical (unpaired) electrons. The summed E-state index contributed by atoms with van der Waals surface area (Å²) in [5.41, 5.74) is 1.13. The predicted octanol–water partition coefficient (Wildman–Crippen LogP) is 3.52. The minimum absolute atomic E-state index is 0.178. The van der Waals surface area contributed by atoms with Crippen LogP contribution in [0.1, 0.15) is 39.2 Å². The van der Waals surface area contributed by atoms with E-state index in [1.165, 1.54) is 5.56 Å². The van der Waals surface area contributed by atoms with Crippen LogP contribution in [0.4, 0.5) is 4.79 Å². The monoisotopic (exact) mass is 340 g/mol. The van der Waals surface area contributed by atoms with Gasteiger partial charge in [-0.15, -0.1) is 0 Å². The van der Waals surface area contributed by atoms with Crippen molar-refractivity contribution in [3.8, 4) is 12.0 Å². The smallest absolute Gasteiger partial charge is 0.410 e.